The number of aryl methyl sites for hydroxylation is 1. The van der Waals surface area contributed by atoms with Crippen LogP contribution in [0.25, 0.3) is 22.1 Å². The molecule has 0 radical (unpaired) electrons. The number of nitrogens with one attached hydrogen (secondary N) is 5. The predicted octanol–water partition coefficient (Wildman–Crippen LogP) is 6.29. The van der Waals surface area contributed by atoms with Crippen molar-refractivity contribution in [3.8, 4) is 11.1 Å². The molecule has 0 bridgehead atoms. The lowest BCUT2D eigenvalue weighted by Crippen LogP contribution is -2.54. The van der Waals surface area contributed by atoms with Crippen LogP contribution in [0.15, 0.2) is 106 Å². The number of nitrogens with two attached hydrogens (primary N) is 1. The average Bonchev–Trinajstić information content (AvgIpc) is 3.52. The van der Waals surface area contributed by atoms with Gasteiger partial charge in [-0.15, -0.1) is 0 Å². The van der Waals surface area contributed by atoms with Crippen molar-refractivity contribution in [2.24, 2.45) is 11.7 Å². The zero-order chi connectivity index (χ0) is 42.1. The van der Waals surface area contributed by atoms with E-state index in [0.717, 1.165) is 33.2 Å². The van der Waals surface area contributed by atoms with E-state index in [9.17, 15) is 28.8 Å². The number of hydrogen-bond acceptors (Lipinski definition) is 9. The SMILES string of the molecule is Cc1cc(=O)oc2cc(NC(=O)OCc3ccc(NC(=O)C(CCCNC(N)=O)NC(=O)C(NC(=O)OCC4c5ccccc5-c5ccccc54)C(C)C)cc3)ccc12. The number of carbonyl (C=O) groups is 5. The molecule has 2 unspecified atom stereocenters. The van der Waals surface area contributed by atoms with Gasteiger partial charge in [-0.2, -0.15) is 0 Å². The lowest BCUT2D eigenvalue weighted by molar-refractivity contribution is -0.128. The number of alkyl carbamates (subject to hydrolysis) is 1. The molecule has 1 heterocycles. The van der Waals surface area contributed by atoms with Crippen LogP contribution in [0.4, 0.5) is 25.8 Å². The molecule has 0 saturated heterocycles. The van der Waals surface area contributed by atoms with Gasteiger partial charge in [0, 0.05) is 41.4 Å². The zero-order valence-electron chi connectivity index (χ0n) is 32.8. The molecule has 4 aromatic carbocycles. The summed E-state index contributed by atoms with van der Waals surface area (Å²) in [6.45, 7) is 5.47. The Morgan fingerprint density at radius 2 is 1.42 bits per heavy atom. The molecule has 15 heteroatoms. The highest BCUT2D eigenvalue weighted by Crippen LogP contribution is 2.44. The first-order valence-electron chi connectivity index (χ1n) is 19.2. The van der Waals surface area contributed by atoms with E-state index < -0.39 is 47.7 Å². The fourth-order valence-corrected chi connectivity index (χ4v) is 6.97. The maximum absolute atomic E-state index is 13.7. The molecule has 0 spiro atoms. The third-order valence-electron chi connectivity index (χ3n) is 9.96. The van der Waals surface area contributed by atoms with Crippen molar-refractivity contribution in [1.82, 2.24) is 16.0 Å². The van der Waals surface area contributed by atoms with Crippen molar-refractivity contribution in [1.29, 1.82) is 0 Å². The number of primary amides is 1. The minimum atomic E-state index is -1.05. The first kappa shape index (κ1) is 41.5. The summed E-state index contributed by atoms with van der Waals surface area (Å²) in [6.07, 6.45) is -1.06. The lowest BCUT2D eigenvalue weighted by atomic mass is 9.98. The van der Waals surface area contributed by atoms with Crippen molar-refractivity contribution >= 4 is 52.4 Å². The third kappa shape index (κ3) is 10.6. The number of anilines is 2. The smallest absolute Gasteiger partial charge is 0.411 e. The first-order valence-corrected chi connectivity index (χ1v) is 19.2. The lowest BCUT2D eigenvalue weighted by Gasteiger charge is -2.25. The molecule has 6 rings (SSSR count). The van der Waals surface area contributed by atoms with Crippen LogP contribution in [0.1, 0.15) is 54.9 Å². The quantitative estimate of drug-likeness (QED) is 0.0517. The van der Waals surface area contributed by atoms with Crippen LogP contribution in [0.2, 0.25) is 0 Å². The van der Waals surface area contributed by atoms with E-state index in [-0.39, 0.29) is 38.0 Å². The maximum atomic E-state index is 13.7. The molecule has 0 fully saturated rings. The van der Waals surface area contributed by atoms with Crippen LogP contribution in [0, 0.1) is 12.8 Å². The van der Waals surface area contributed by atoms with Crippen LogP contribution in [-0.2, 0) is 25.7 Å². The van der Waals surface area contributed by atoms with Gasteiger partial charge in [0.1, 0.15) is 30.9 Å². The normalized spacial score (nSPS) is 12.7. The van der Waals surface area contributed by atoms with Crippen molar-refractivity contribution in [3.05, 3.63) is 130 Å². The van der Waals surface area contributed by atoms with Gasteiger partial charge in [-0.1, -0.05) is 74.5 Å². The second-order valence-electron chi connectivity index (χ2n) is 14.5. The van der Waals surface area contributed by atoms with Crippen molar-refractivity contribution in [3.63, 3.8) is 0 Å². The highest BCUT2D eigenvalue weighted by Gasteiger charge is 2.32. The van der Waals surface area contributed by atoms with Gasteiger partial charge >= 0.3 is 23.8 Å². The fourth-order valence-electron chi connectivity index (χ4n) is 6.97. The Bertz CT molecular complexity index is 2370. The maximum Gasteiger partial charge on any atom is 0.411 e. The minimum Gasteiger partial charge on any atom is -0.449 e. The van der Waals surface area contributed by atoms with Gasteiger partial charge in [-0.25, -0.2) is 19.2 Å². The molecular formula is C44H46N6O9. The summed E-state index contributed by atoms with van der Waals surface area (Å²) < 4.78 is 16.3. The highest BCUT2D eigenvalue weighted by atomic mass is 16.6. The Hall–Kier alpha value is -7.16. The van der Waals surface area contributed by atoms with Gasteiger partial charge in [-0.05, 0) is 83.3 Å². The first-order chi connectivity index (χ1) is 28.4. The van der Waals surface area contributed by atoms with Gasteiger partial charge in [0.15, 0.2) is 0 Å². The summed E-state index contributed by atoms with van der Waals surface area (Å²) in [5, 5.41) is 14.1. The Labute approximate surface area is 340 Å². The molecule has 5 aromatic rings. The summed E-state index contributed by atoms with van der Waals surface area (Å²) in [6, 6.07) is 26.0. The Kier molecular flexibility index (Phi) is 13.3. The molecule has 1 aliphatic carbocycles. The molecule has 0 aliphatic heterocycles. The van der Waals surface area contributed by atoms with Crippen molar-refractivity contribution in [2.75, 3.05) is 23.8 Å². The highest BCUT2D eigenvalue weighted by molar-refractivity contribution is 5.98. The zero-order valence-corrected chi connectivity index (χ0v) is 32.8. The largest absolute Gasteiger partial charge is 0.449 e. The molecule has 6 amide bonds. The van der Waals surface area contributed by atoms with E-state index in [4.69, 9.17) is 19.6 Å². The van der Waals surface area contributed by atoms with Crippen molar-refractivity contribution < 1.29 is 37.9 Å². The van der Waals surface area contributed by atoms with Gasteiger partial charge in [0.25, 0.3) is 0 Å². The number of fused-ring (bicyclic) bond motifs is 4. The Morgan fingerprint density at radius 3 is 2.08 bits per heavy atom. The summed E-state index contributed by atoms with van der Waals surface area (Å²) in [7, 11) is 0. The number of hydrogen-bond donors (Lipinski definition) is 6. The topological polar surface area (TPSA) is 220 Å². The van der Waals surface area contributed by atoms with Crippen LogP contribution >= 0.6 is 0 Å². The summed E-state index contributed by atoms with van der Waals surface area (Å²) >= 11 is 0. The number of ether oxygens (including phenoxy) is 2. The van der Waals surface area contributed by atoms with Gasteiger partial charge < -0.3 is 40.9 Å². The molecule has 2 atom stereocenters. The van der Waals surface area contributed by atoms with Crippen LogP contribution in [0.5, 0.6) is 0 Å². The number of benzene rings is 4. The molecule has 1 aliphatic rings. The fraction of sp³-hybridized carbons (Fsp3) is 0.273. The van der Waals surface area contributed by atoms with Gasteiger partial charge in [0.05, 0.1) is 0 Å². The second kappa shape index (κ2) is 18.9. The van der Waals surface area contributed by atoms with Crippen LogP contribution in [0.3, 0.4) is 0 Å². The predicted molar refractivity (Wildman–Crippen MR) is 222 cm³/mol. The van der Waals surface area contributed by atoms with Crippen LogP contribution in [-0.4, -0.2) is 55.3 Å². The third-order valence-corrected chi connectivity index (χ3v) is 9.96. The summed E-state index contributed by atoms with van der Waals surface area (Å²) in [5.74, 6) is -1.66. The van der Waals surface area contributed by atoms with E-state index in [1.54, 1.807) is 57.2 Å². The van der Waals surface area contributed by atoms with Gasteiger partial charge in [-0.3, -0.25) is 14.9 Å². The average molecular weight is 803 g/mol. The van der Waals surface area contributed by atoms with Gasteiger partial charge in [0.2, 0.25) is 11.8 Å². The molecule has 7 N–H and O–H groups in total. The molecule has 59 heavy (non-hydrogen) atoms. The number of carbonyl (C=O) groups excluding carboxylic acids is 5. The number of amides is 6. The van der Waals surface area contributed by atoms with Crippen molar-refractivity contribution in [2.45, 2.75) is 58.2 Å². The molecular weight excluding hydrogens is 757 g/mol. The van der Waals surface area contributed by atoms with E-state index in [1.807, 2.05) is 48.5 Å². The van der Waals surface area contributed by atoms with Crippen LogP contribution < -0.4 is 37.9 Å². The molecule has 1 aromatic heterocycles. The number of rotatable bonds is 15. The molecule has 15 nitrogen and oxygen atoms in total. The van der Waals surface area contributed by atoms with E-state index >= 15 is 0 Å². The Morgan fingerprint density at radius 1 is 0.763 bits per heavy atom. The monoisotopic (exact) mass is 802 g/mol. The van der Waals surface area contributed by atoms with E-state index in [0.29, 0.717) is 28.9 Å². The molecule has 306 valence electrons. The van der Waals surface area contributed by atoms with E-state index in [1.165, 1.54) is 12.1 Å². The molecule has 0 saturated carbocycles. The Balaban J connectivity index is 1.03. The summed E-state index contributed by atoms with van der Waals surface area (Å²) in [4.78, 5) is 75.9. The minimum absolute atomic E-state index is 0.0647. The standard InChI is InChI=1S/C44H46N6O9/c1-25(2)39(50-44(56)58-24-35-33-11-6-4-9-31(33)32-10-5-7-12-34(32)35)41(53)49-36(13-8-20-46-42(45)54)40(52)47-28-16-14-27(15-17-28)23-57-43(55)48-29-18-19-30-26(3)21-38(51)59-37(30)22-29/h4-7,9-12,14-19,21-22,25,35-36,39H,8,13,20,23-24H2,1-3H3,(H,47,52)(H,48,55)(H,49,53)(H,50,56)(H3,45,46,54). The van der Waals surface area contributed by atoms with E-state index in [2.05, 4.69) is 26.6 Å². The second-order valence-corrected chi connectivity index (χ2v) is 14.5. The summed E-state index contributed by atoms with van der Waals surface area (Å²) in [5.41, 5.74) is 11.5. The number of urea groups is 1.